The van der Waals surface area contributed by atoms with E-state index < -0.39 is 0 Å². The third-order valence-electron chi connectivity index (χ3n) is 3.65. The Morgan fingerprint density at radius 3 is 1.71 bits per heavy atom. The zero-order valence-corrected chi connectivity index (χ0v) is 13.4. The first-order valence-electron chi connectivity index (χ1n) is 7.96. The second-order valence-electron chi connectivity index (χ2n) is 5.40. The van der Waals surface area contributed by atoms with E-state index >= 15 is 0 Å². The van der Waals surface area contributed by atoms with Gasteiger partial charge < -0.3 is 14.6 Å². The van der Waals surface area contributed by atoms with Crippen molar-refractivity contribution in [2.75, 3.05) is 13.2 Å². The molecule has 3 aromatic carbocycles. The molecule has 0 unspecified atom stereocenters. The van der Waals surface area contributed by atoms with E-state index in [9.17, 15) is 0 Å². The summed E-state index contributed by atoms with van der Waals surface area (Å²) >= 11 is 0. The van der Waals surface area contributed by atoms with E-state index in [1.807, 2.05) is 66.7 Å². The largest absolute Gasteiger partial charge is 0.491 e. The smallest absolute Gasteiger partial charge is 0.119 e. The lowest BCUT2D eigenvalue weighted by atomic mass is 10.1. The van der Waals surface area contributed by atoms with Crippen LogP contribution in [0.4, 0.5) is 0 Å². The predicted molar refractivity (Wildman–Crippen MR) is 95.2 cm³/mol. The zero-order valence-electron chi connectivity index (χ0n) is 13.4. The van der Waals surface area contributed by atoms with Crippen LogP contribution in [0.3, 0.4) is 0 Å². The van der Waals surface area contributed by atoms with Crippen molar-refractivity contribution < 1.29 is 14.6 Å². The molecular weight excluding hydrogens is 300 g/mol. The Morgan fingerprint density at radius 2 is 1.17 bits per heavy atom. The summed E-state index contributed by atoms with van der Waals surface area (Å²) in [6, 6.07) is 26.0. The van der Waals surface area contributed by atoms with Crippen LogP contribution in [0.2, 0.25) is 0 Å². The number of rotatable bonds is 7. The van der Waals surface area contributed by atoms with Crippen LogP contribution in [-0.2, 0) is 6.61 Å². The molecule has 0 amide bonds. The quantitative estimate of drug-likeness (QED) is 0.705. The van der Waals surface area contributed by atoms with Crippen molar-refractivity contribution in [2.45, 2.75) is 6.61 Å². The van der Waals surface area contributed by atoms with Crippen molar-refractivity contribution in [1.29, 1.82) is 0 Å². The minimum absolute atomic E-state index is 0.0200. The molecule has 3 rings (SSSR count). The number of hydrogen-bond donors (Lipinski definition) is 1. The van der Waals surface area contributed by atoms with Gasteiger partial charge in [0, 0.05) is 0 Å². The summed E-state index contributed by atoms with van der Waals surface area (Å²) in [5, 5.41) is 8.77. The molecule has 0 saturated heterocycles. The summed E-state index contributed by atoms with van der Waals surface area (Å²) in [7, 11) is 0. The summed E-state index contributed by atoms with van der Waals surface area (Å²) < 4.78 is 11.2. The summed E-state index contributed by atoms with van der Waals surface area (Å²) in [4.78, 5) is 0. The van der Waals surface area contributed by atoms with Crippen molar-refractivity contribution in [3.63, 3.8) is 0 Å². The molecule has 0 aromatic heterocycles. The Morgan fingerprint density at radius 1 is 0.625 bits per heavy atom. The molecule has 0 aliphatic carbocycles. The monoisotopic (exact) mass is 320 g/mol. The van der Waals surface area contributed by atoms with Crippen LogP contribution in [0, 0.1) is 0 Å². The van der Waals surface area contributed by atoms with Gasteiger partial charge in [-0.15, -0.1) is 0 Å². The highest BCUT2D eigenvalue weighted by Crippen LogP contribution is 2.25. The number of aliphatic hydroxyl groups excluding tert-OH is 1. The molecule has 0 radical (unpaired) electrons. The molecule has 3 nitrogen and oxygen atoms in total. The van der Waals surface area contributed by atoms with Crippen LogP contribution in [0.15, 0.2) is 78.9 Å². The highest BCUT2D eigenvalue weighted by molar-refractivity contribution is 5.64. The van der Waals surface area contributed by atoms with Gasteiger partial charge in [0.25, 0.3) is 0 Å². The van der Waals surface area contributed by atoms with Crippen molar-refractivity contribution in [3.05, 3.63) is 84.4 Å². The topological polar surface area (TPSA) is 38.7 Å². The van der Waals surface area contributed by atoms with Gasteiger partial charge in [0.15, 0.2) is 0 Å². The summed E-state index contributed by atoms with van der Waals surface area (Å²) in [5.41, 5.74) is 3.39. The van der Waals surface area contributed by atoms with Crippen LogP contribution in [-0.4, -0.2) is 18.3 Å². The number of aliphatic hydroxyl groups is 1. The first-order valence-corrected chi connectivity index (χ1v) is 7.96. The molecule has 122 valence electrons. The van der Waals surface area contributed by atoms with Gasteiger partial charge in [0.1, 0.15) is 24.7 Å². The number of ether oxygens (including phenoxy) is 2. The molecule has 3 aromatic rings. The molecule has 0 atom stereocenters. The Hall–Kier alpha value is -2.78. The van der Waals surface area contributed by atoms with Gasteiger partial charge in [0.2, 0.25) is 0 Å². The minimum Gasteiger partial charge on any atom is -0.491 e. The lowest BCUT2D eigenvalue weighted by Crippen LogP contribution is -2.01. The van der Waals surface area contributed by atoms with Crippen molar-refractivity contribution in [3.8, 4) is 22.6 Å². The summed E-state index contributed by atoms with van der Waals surface area (Å²) in [5.74, 6) is 1.61. The van der Waals surface area contributed by atoms with E-state index in [0.717, 1.165) is 28.2 Å². The van der Waals surface area contributed by atoms with Gasteiger partial charge in [-0.25, -0.2) is 0 Å². The molecule has 0 bridgehead atoms. The first-order chi connectivity index (χ1) is 11.8. The predicted octanol–water partition coefficient (Wildman–Crippen LogP) is 4.30. The molecule has 0 fully saturated rings. The molecule has 1 N–H and O–H groups in total. The molecule has 24 heavy (non-hydrogen) atoms. The van der Waals surface area contributed by atoms with Crippen LogP contribution in [0.1, 0.15) is 5.56 Å². The van der Waals surface area contributed by atoms with Crippen molar-refractivity contribution in [2.24, 2.45) is 0 Å². The van der Waals surface area contributed by atoms with Crippen LogP contribution < -0.4 is 9.47 Å². The third-order valence-corrected chi connectivity index (χ3v) is 3.65. The Balaban J connectivity index is 1.61. The normalized spacial score (nSPS) is 10.4. The maximum Gasteiger partial charge on any atom is 0.119 e. The second-order valence-corrected chi connectivity index (χ2v) is 5.40. The van der Waals surface area contributed by atoms with Crippen molar-refractivity contribution >= 4 is 0 Å². The van der Waals surface area contributed by atoms with Gasteiger partial charge in [-0.2, -0.15) is 0 Å². The lowest BCUT2D eigenvalue weighted by molar-refractivity contribution is 0.201. The first kappa shape index (κ1) is 16.1. The van der Waals surface area contributed by atoms with Gasteiger partial charge in [-0.05, 0) is 41.0 Å². The third kappa shape index (κ3) is 4.37. The van der Waals surface area contributed by atoms with E-state index in [-0.39, 0.29) is 6.61 Å². The second kappa shape index (κ2) is 8.18. The zero-order chi connectivity index (χ0) is 16.6. The Kier molecular flexibility index (Phi) is 5.48. The van der Waals surface area contributed by atoms with Gasteiger partial charge >= 0.3 is 0 Å². The standard InChI is InChI=1S/C21H20O3/c22-14-15-23-20-10-6-18(7-11-20)19-8-12-21(13-9-19)24-16-17-4-2-1-3-5-17/h1-13,22H,14-16H2. The van der Waals surface area contributed by atoms with E-state index in [2.05, 4.69) is 12.1 Å². The molecule has 0 saturated carbocycles. The molecule has 0 spiro atoms. The molecular formula is C21H20O3. The van der Waals surface area contributed by atoms with E-state index in [1.165, 1.54) is 0 Å². The number of benzene rings is 3. The van der Waals surface area contributed by atoms with Crippen LogP contribution in [0.25, 0.3) is 11.1 Å². The maximum atomic E-state index is 8.77. The maximum absolute atomic E-state index is 8.77. The Labute approximate surface area is 142 Å². The molecule has 0 aliphatic rings. The lowest BCUT2D eigenvalue weighted by Gasteiger charge is -2.08. The SMILES string of the molecule is OCCOc1ccc(-c2ccc(OCc3ccccc3)cc2)cc1. The summed E-state index contributed by atoms with van der Waals surface area (Å²) in [6.45, 7) is 0.899. The van der Waals surface area contributed by atoms with E-state index in [1.54, 1.807) is 0 Å². The van der Waals surface area contributed by atoms with E-state index in [4.69, 9.17) is 14.6 Å². The highest BCUT2D eigenvalue weighted by atomic mass is 16.5. The average molecular weight is 320 g/mol. The minimum atomic E-state index is 0.0200. The molecule has 3 heteroatoms. The highest BCUT2D eigenvalue weighted by Gasteiger charge is 2.01. The number of hydrogen-bond acceptors (Lipinski definition) is 3. The molecule has 0 aliphatic heterocycles. The fraction of sp³-hybridized carbons (Fsp3) is 0.143. The van der Waals surface area contributed by atoms with Crippen LogP contribution >= 0.6 is 0 Å². The molecule has 0 heterocycles. The van der Waals surface area contributed by atoms with Gasteiger partial charge in [0.05, 0.1) is 6.61 Å². The van der Waals surface area contributed by atoms with Crippen molar-refractivity contribution in [1.82, 2.24) is 0 Å². The van der Waals surface area contributed by atoms with Crippen LogP contribution in [0.5, 0.6) is 11.5 Å². The average Bonchev–Trinajstić information content (AvgIpc) is 2.66. The fourth-order valence-electron chi connectivity index (χ4n) is 2.39. The summed E-state index contributed by atoms with van der Waals surface area (Å²) in [6.07, 6.45) is 0. The van der Waals surface area contributed by atoms with E-state index in [0.29, 0.717) is 13.2 Å². The Bertz CT molecular complexity index is 734. The fourth-order valence-corrected chi connectivity index (χ4v) is 2.39. The van der Waals surface area contributed by atoms with Gasteiger partial charge in [-0.3, -0.25) is 0 Å². The van der Waals surface area contributed by atoms with Gasteiger partial charge in [-0.1, -0.05) is 54.6 Å².